The highest BCUT2D eigenvalue weighted by molar-refractivity contribution is 5.94. The highest BCUT2D eigenvalue weighted by Gasteiger charge is 2.06. The predicted molar refractivity (Wildman–Crippen MR) is 45.6 cm³/mol. The molecule has 0 aliphatic heterocycles. The minimum atomic E-state index is -0.497. The molecule has 0 radical (unpaired) electrons. The molecule has 0 heterocycles. The van der Waals surface area contributed by atoms with Gasteiger partial charge in [0, 0.05) is 5.56 Å². The molecule has 3 nitrogen and oxygen atoms in total. The second kappa shape index (κ2) is 3.36. The molecule has 0 aromatic heterocycles. The Hall–Kier alpha value is -1.35. The second-order valence-corrected chi connectivity index (χ2v) is 2.68. The zero-order chi connectivity index (χ0) is 9.14. The van der Waals surface area contributed by atoms with Crippen molar-refractivity contribution in [1.82, 2.24) is 0 Å². The van der Waals surface area contributed by atoms with Gasteiger partial charge in [-0.2, -0.15) is 0 Å². The van der Waals surface area contributed by atoms with Crippen LogP contribution in [0.3, 0.4) is 0 Å². The van der Waals surface area contributed by atoms with Crippen LogP contribution in [0.5, 0.6) is 0 Å². The minimum Gasteiger partial charge on any atom is -0.392 e. The van der Waals surface area contributed by atoms with Gasteiger partial charge >= 0.3 is 0 Å². The number of primary amides is 1. The molecule has 3 N–H and O–H groups in total. The molecule has 64 valence electrons. The molecule has 0 aliphatic rings. The van der Waals surface area contributed by atoms with Gasteiger partial charge in [-0.25, -0.2) is 0 Å². The first-order chi connectivity index (χ1) is 5.65. The van der Waals surface area contributed by atoms with Gasteiger partial charge in [0.15, 0.2) is 0 Å². The number of aryl methyl sites for hydroxylation is 1. The first-order valence-corrected chi connectivity index (χ1v) is 3.65. The molecule has 0 atom stereocenters. The smallest absolute Gasteiger partial charge is 0.249 e. The average molecular weight is 165 g/mol. The standard InChI is InChI=1S/C9H11NO2/c1-6-2-3-7(5-11)8(4-6)9(10)12/h2-4,11H,5H2,1H3,(H2,10,12). The summed E-state index contributed by atoms with van der Waals surface area (Å²) in [4.78, 5) is 10.8. The van der Waals surface area contributed by atoms with E-state index >= 15 is 0 Å². The Kier molecular flexibility index (Phi) is 2.45. The molecule has 1 amide bonds. The van der Waals surface area contributed by atoms with Crippen LogP contribution in [0.4, 0.5) is 0 Å². The van der Waals surface area contributed by atoms with E-state index in [9.17, 15) is 4.79 Å². The third kappa shape index (κ3) is 1.62. The summed E-state index contributed by atoms with van der Waals surface area (Å²) in [6.07, 6.45) is 0. The molecule has 0 aliphatic carbocycles. The van der Waals surface area contributed by atoms with Crippen LogP contribution in [0.1, 0.15) is 21.5 Å². The van der Waals surface area contributed by atoms with Gasteiger partial charge < -0.3 is 10.8 Å². The zero-order valence-electron chi connectivity index (χ0n) is 6.87. The molecule has 0 spiro atoms. The SMILES string of the molecule is Cc1ccc(CO)c(C(N)=O)c1. The van der Waals surface area contributed by atoms with Crippen molar-refractivity contribution in [3.8, 4) is 0 Å². The summed E-state index contributed by atoms with van der Waals surface area (Å²) in [5, 5.41) is 8.85. The topological polar surface area (TPSA) is 63.3 Å². The number of rotatable bonds is 2. The van der Waals surface area contributed by atoms with E-state index in [1.165, 1.54) is 0 Å². The Morgan fingerprint density at radius 2 is 2.25 bits per heavy atom. The van der Waals surface area contributed by atoms with Gasteiger partial charge in [0.25, 0.3) is 0 Å². The largest absolute Gasteiger partial charge is 0.392 e. The van der Waals surface area contributed by atoms with E-state index in [0.717, 1.165) is 5.56 Å². The lowest BCUT2D eigenvalue weighted by molar-refractivity contribution is 0.0997. The van der Waals surface area contributed by atoms with E-state index in [1.54, 1.807) is 12.1 Å². The van der Waals surface area contributed by atoms with Crippen LogP contribution < -0.4 is 5.73 Å². The monoisotopic (exact) mass is 165 g/mol. The first kappa shape index (κ1) is 8.74. The van der Waals surface area contributed by atoms with E-state index in [2.05, 4.69) is 0 Å². The number of amides is 1. The number of carbonyl (C=O) groups excluding carboxylic acids is 1. The highest BCUT2D eigenvalue weighted by Crippen LogP contribution is 2.10. The van der Waals surface area contributed by atoms with Crippen LogP contribution >= 0.6 is 0 Å². The van der Waals surface area contributed by atoms with E-state index in [4.69, 9.17) is 10.8 Å². The molecule has 0 unspecified atom stereocenters. The van der Waals surface area contributed by atoms with Gasteiger partial charge in [0.05, 0.1) is 6.61 Å². The number of nitrogens with two attached hydrogens (primary N) is 1. The fourth-order valence-electron chi connectivity index (χ4n) is 1.06. The average Bonchev–Trinajstić information content (AvgIpc) is 2.04. The Balaban J connectivity index is 3.21. The molecule has 0 fully saturated rings. The quantitative estimate of drug-likeness (QED) is 0.673. The van der Waals surface area contributed by atoms with Crippen LogP contribution in [0.25, 0.3) is 0 Å². The number of hydrogen-bond donors (Lipinski definition) is 2. The van der Waals surface area contributed by atoms with Crippen molar-refractivity contribution >= 4 is 5.91 Å². The highest BCUT2D eigenvalue weighted by atomic mass is 16.3. The third-order valence-corrected chi connectivity index (χ3v) is 1.70. The fourth-order valence-corrected chi connectivity index (χ4v) is 1.06. The molecule has 0 saturated heterocycles. The second-order valence-electron chi connectivity index (χ2n) is 2.68. The summed E-state index contributed by atoms with van der Waals surface area (Å²) in [6.45, 7) is 1.71. The molecular weight excluding hydrogens is 154 g/mol. The number of carbonyl (C=O) groups is 1. The maximum atomic E-state index is 10.8. The number of hydrogen-bond acceptors (Lipinski definition) is 2. The molecular formula is C9H11NO2. The summed E-state index contributed by atoms with van der Waals surface area (Å²) in [5.74, 6) is -0.497. The minimum absolute atomic E-state index is 0.154. The summed E-state index contributed by atoms with van der Waals surface area (Å²) >= 11 is 0. The summed E-state index contributed by atoms with van der Waals surface area (Å²) in [7, 11) is 0. The molecule has 1 aromatic rings. The molecule has 0 bridgehead atoms. The maximum absolute atomic E-state index is 10.8. The lowest BCUT2D eigenvalue weighted by Gasteiger charge is -2.03. The summed E-state index contributed by atoms with van der Waals surface area (Å²) < 4.78 is 0. The van der Waals surface area contributed by atoms with Crippen LogP contribution in [0.15, 0.2) is 18.2 Å². The van der Waals surface area contributed by atoms with Gasteiger partial charge in [-0.15, -0.1) is 0 Å². The first-order valence-electron chi connectivity index (χ1n) is 3.65. The van der Waals surface area contributed by atoms with Gasteiger partial charge in [0.2, 0.25) is 5.91 Å². The van der Waals surface area contributed by atoms with E-state index < -0.39 is 5.91 Å². The Morgan fingerprint density at radius 1 is 1.58 bits per heavy atom. The maximum Gasteiger partial charge on any atom is 0.249 e. The Bertz CT molecular complexity index is 307. The van der Waals surface area contributed by atoms with Gasteiger partial charge in [-0.3, -0.25) is 4.79 Å². The zero-order valence-corrected chi connectivity index (χ0v) is 6.87. The van der Waals surface area contributed by atoms with E-state index in [0.29, 0.717) is 11.1 Å². The molecule has 0 saturated carbocycles. The van der Waals surface area contributed by atoms with Crippen LogP contribution in [0.2, 0.25) is 0 Å². The number of benzene rings is 1. The number of aliphatic hydroxyl groups is 1. The van der Waals surface area contributed by atoms with Gasteiger partial charge in [-0.1, -0.05) is 17.7 Å². The lowest BCUT2D eigenvalue weighted by Crippen LogP contribution is -2.13. The predicted octanol–water partition coefficient (Wildman–Crippen LogP) is 0.586. The van der Waals surface area contributed by atoms with E-state index in [-0.39, 0.29) is 6.61 Å². The van der Waals surface area contributed by atoms with Crippen molar-refractivity contribution in [2.75, 3.05) is 0 Å². The van der Waals surface area contributed by atoms with Crippen molar-refractivity contribution in [2.45, 2.75) is 13.5 Å². The van der Waals surface area contributed by atoms with Gasteiger partial charge in [-0.05, 0) is 18.6 Å². The normalized spacial score (nSPS) is 9.83. The molecule has 12 heavy (non-hydrogen) atoms. The molecule has 1 aromatic carbocycles. The number of aliphatic hydroxyl groups excluding tert-OH is 1. The van der Waals surface area contributed by atoms with Crippen LogP contribution in [-0.2, 0) is 6.61 Å². The van der Waals surface area contributed by atoms with Gasteiger partial charge in [0.1, 0.15) is 0 Å². The van der Waals surface area contributed by atoms with Crippen LogP contribution in [0, 0.1) is 6.92 Å². The van der Waals surface area contributed by atoms with Crippen LogP contribution in [-0.4, -0.2) is 11.0 Å². The Labute approximate surface area is 70.8 Å². The van der Waals surface area contributed by atoms with Crippen molar-refractivity contribution in [1.29, 1.82) is 0 Å². The third-order valence-electron chi connectivity index (χ3n) is 1.70. The lowest BCUT2D eigenvalue weighted by atomic mass is 10.0. The summed E-state index contributed by atoms with van der Waals surface area (Å²) in [5.41, 5.74) is 7.05. The van der Waals surface area contributed by atoms with Crippen molar-refractivity contribution in [3.05, 3.63) is 34.9 Å². The van der Waals surface area contributed by atoms with E-state index in [1.807, 2.05) is 13.0 Å². The van der Waals surface area contributed by atoms with Crippen molar-refractivity contribution in [2.24, 2.45) is 5.73 Å². The molecule has 1 rings (SSSR count). The molecule has 3 heteroatoms. The fraction of sp³-hybridized carbons (Fsp3) is 0.222. The Morgan fingerprint density at radius 3 is 2.75 bits per heavy atom. The van der Waals surface area contributed by atoms with Crippen molar-refractivity contribution < 1.29 is 9.90 Å². The van der Waals surface area contributed by atoms with Crippen molar-refractivity contribution in [3.63, 3.8) is 0 Å². The summed E-state index contributed by atoms with van der Waals surface area (Å²) in [6, 6.07) is 5.21.